The van der Waals surface area contributed by atoms with E-state index < -0.39 is 138 Å². The summed E-state index contributed by atoms with van der Waals surface area (Å²) in [5.74, 6) is -1.23. The summed E-state index contributed by atoms with van der Waals surface area (Å²) in [7, 11) is -6.23. The lowest BCUT2D eigenvalue weighted by Gasteiger charge is -2.48. The average molecular weight is 1390 g/mol. The van der Waals surface area contributed by atoms with E-state index in [0.717, 1.165) is 33.4 Å². The number of carbonyl (C=O) groups is 3. The molecule has 3 amide bonds. The summed E-state index contributed by atoms with van der Waals surface area (Å²) in [6, 6.07) is 54.3. The zero-order chi connectivity index (χ0) is 69.3. The maximum Gasteiger partial charge on any atom is 0.333 e. The van der Waals surface area contributed by atoms with Gasteiger partial charge < -0.3 is 81.4 Å². The zero-order valence-electron chi connectivity index (χ0n) is 56.8. The van der Waals surface area contributed by atoms with Crippen molar-refractivity contribution >= 4 is 32.9 Å². The minimum absolute atomic E-state index is 0.0193. The van der Waals surface area contributed by atoms with Crippen LogP contribution in [0, 0.1) is 0 Å². The summed E-state index contributed by atoms with van der Waals surface area (Å²) >= 11 is 0. The Balaban J connectivity index is 1.04. The summed E-state index contributed by atoms with van der Waals surface area (Å²) in [5, 5.41) is 9.11. The molecule has 3 saturated heterocycles. The van der Waals surface area contributed by atoms with Gasteiger partial charge in [0.05, 0.1) is 95.6 Å². The Bertz CT molecular complexity index is 3430. The molecule has 98 heavy (non-hydrogen) atoms. The first-order chi connectivity index (χ1) is 47.6. The first kappa shape index (κ1) is 75.8. The molecule has 3 heterocycles. The zero-order valence-corrected chi connectivity index (χ0v) is 58.6. The molecule has 3 N–H and O–H groups in total. The van der Waals surface area contributed by atoms with Gasteiger partial charge in [-0.05, 0) is 46.2 Å². The highest BCUT2D eigenvalue weighted by Gasteiger charge is 2.54. The monoisotopic (exact) mass is 1390 g/mol. The first-order valence-electron chi connectivity index (χ1n) is 33.5. The predicted molar refractivity (Wildman–Crippen MR) is 366 cm³/mol. The van der Waals surface area contributed by atoms with Crippen molar-refractivity contribution in [3.8, 4) is 0 Å². The molecule has 0 radical (unpaired) electrons. The van der Waals surface area contributed by atoms with Crippen LogP contribution in [-0.4, -0.2) is 156 Å². The van der Waals surface area contributed by atoms with Crippen LogP contribution >= 0.6 is 15.2 Å². The molecule has 22 nitrogen and oxygen atoms in total. The molecule has 6 aromatic rings. The summed E-state index contributed by atoms with van der Waals surface area (Å²) in [4.78, 5) is 40.1. The Morgan fingerprint density at radius 3 is 0.939 bits per heavy atom. The Morgan fingerprint density at radius 2 is 0.643 bits per heavy atom. The molecular weight excluding hydrogens is 1300 g/mol. The molecule has 3 aliphatic heterocycles. The first-order valence-corrected chi connectivity index (χ1v) is 36.9. The number of carbonyl (C=O) groups excluding carboxylic acids is 3. The van der Waals surface area contributed by atoms with E-state index in [0.29, 0.717) is 12.8 Å². The van der Waals surface area contributed by atoms with Gasteiger partial charge in [-0.1, -0.05) is 196 Å². The van der Waals surface area contributed by atoms with E-state index in [1.807, 2.05) is 196 Å². The molecule has 24 heteroatoms. The van der Waals surface area contributed by atoms with Crippen LogP contribution < -0.4 is 16.0 Å². The number of amides is 3. The van der Waals surface area contributed by atoms with Gasteiger partial charge >= 0.3 is 15.2 Å². The molecule has 17 atom stereocenters. The second-order valence-corrected chi connectivity index (χ2v) is 29.0. The van der Waals surface area contributed by atoms with Gasteiger partial charge in [-0.3, -0.25) is 23.5 Å². The molecule has 0 bridgehead atoms. The maximum atomic E-state index is 15.8. The Hall–Kier alpha value is -6.37. The number of benzene rings is 6. The molecule has 0 spiro atoms. The van der Waals surface area contributed by atoms with Crippen LogP contribution in [0.4, 0.5) is 0 Å². The van der Waals surface area contributed by atoms with E-state index >= 15 is 9.13 Å². The largest absolute Gasteiger partial charge is 0.369 e. The van der Waals surface area contributed by atoms with E-state index in [1.165, 1.54) is 35.0 Å². The highest BCUT2D eigenvalue weighted by atomic mass is 31.2. The van der Waals surface area contributed by atoms with E-state index in [2.05, 4.69) is 16.0 Å². The minimum Gasteiger partial charge on any atom is -0.369 e. The van der Waals surface area contributed by atoms with Crippen LogP contribution in [0.5, 0.6) is 0 Å². The van der Waals surface area contributed by atoms with Gasteiger partial charge in [0.1, 0.15) is 54.9 Å². The standard InChI is InChI=1S/C74H95N3O19P2/c1-8-40-85-74-67(77-53(5)80)73(91-46-59-38-26-15-27-39-59)70(88-43-56-32-20-12-21-33-56)62(96-74)48-93-98(82,84-7)50-64-66(76-52(4)79)72(90-45-58-36-24-14-25-37-58)69(87-42-55-30-18-11-19-31-55)61(95-64)47-92-97(81,83-6)49-63-65(75-51(3)78)71(89-44-57-34-22-13-23-35-57)68(60(9-2)94-63)86-41-54-28-16-10-17-29-54/h10-39,60-74H,8-9,40-50H2,1-7H3,(H,75,78)(H,76,79)(H,77,80)/t60?,61?,62?,63-,64-,65?,66?,67?,68+,69+,70+,71+,72+,73+,74+,97?,98?/m1/s1. The van der Waals surface area contributed by atoms with Crippen LogP contribution in [0.1, 0.15) is 80.8 Å². The maximum absolute atomic E-state index is 15.8. The smallest absolute Gasteiger partial charge is 0.333 e. The van der Waals surface area contributed by atoms with E-state index in [1.54, 1.807) is 0 Å². The van der Waals surface area contributed by atoms with Gasteiger partial charge in [0, 0.05) is 41.6 Å². The summed E-state index contributed by atoms with van der Waals surface area (Å²) in [6.07, 6.45) is -11.8. The fourth-order valence-electron chi connectivity index (χ4n) is 12.4. The van der Waals surface area contributed by atoms with Crippen LogP contribution in [0.25, 0.3) is 0 Å². The molecule has 530 valence electrons. The third-order valence-electron chi connectivity index (χ3n) is 17.2. The number of hydrogen-bond acceptors (Lipinski definition) is 19. The van der Waals surface area contributed by atoms with Crippen molar-refractivity contribution in [2.45, 2.75) is 179 Å². The third kappa shape index (κ3) is 22.3. The molecule has 0 aliphatic carbocycles. The molecule has 8 unspecified atom stereocenters. The van der Waals surface area contributed by atoms with E-state index in [-0.39, 0.29) is 58.3 Å². The second-order valence-electron chi connectivity index (χ2n) is 24.5. The van der Waals surface area contributed by atoms with Gasteiger partial charge in [-0.15, -0.1) is 0 Å². The average Bonchev–Trinajstić information content (AvgIpc) is 0.787. The highest BCUT2D eigenvalue weighted by molar-refractivity contribution is 7.54. The van der Waals surface area contributed by atoms with Crippen LogP contribution in [0.3, 0.4) is 0 Å². The number of ether oxygens (including phenoxy) is 10. The molecule has 3 fully saturated rings. The van der Waals surface area contributed by atoms with Gasteiger partial charge in [0.2, 0.25) is 17.7 Å². The fourth-order valence-corrected chi connectivity index (χ4v) is 15.4. The Kier molecular flexibility index (Phi) is 29.7. The molecule has 0 aromatic heterocycles. The van der Waals surface area contributed by atoms with E-state index in [4.69, 9.17) is 65.5 Å². The van der Waals surface area contributed by atoms with Crippen molar-refractivity contribution in [3.63, 3.8) is 0 Å². The number of rotatable bonds is 37. The van der Waals surface area contributed by atoms with Crippen LogP contribution in [0.2, 0.25) is 0 Å². The van der Waals surface area contributed by atoms with Gasteiger partial charge in [-0.25, -0.2) is 0 Å². The normalized spacial score (nSPS) is 26.8. The van der Waals surface area contributed by atoms with Crippen molar-refractivity contribution in [2.24, 2.45) is 0 Å². The van der Waals surface area contributed by atoms with Gasteiger partial charge in [0.25, 0.3) is 0 Å². The Morgan fingerprint density at radius 1 is 0.367 bits per heavy atom. The lowest BCUT2D eigenvalue weighted by Crippen LogP contribution is -2.66. The van der Waals surface area contributed by atoms with Crippen molar-refractivity contribution in [1.82, 2.24) is 16.0 Å². The quantitative estimate of drug-likeness (QED) is 0.0307. The van der Waals surface area contributed by atoms with Crippen molar-refractivity contribution < 1.29 is 89.0 Å². The van der Waals surface area contributed by atoms with E-state index in [9.17, 15) is 14.4 Å². The number of hydrogen-bond donors (Lipinski definition) is 3. The lowest BCUT2D eigenvalue weighted by molar-refractivity contribution is -0.287. The third-order valence-corrected chi connectivity index (χ3v) is 21.0. The lowest BCUT2D eigenvalue weighted by atomic mass is 9.91. The highest BCUT2D eigenvalue weighted by Crippen LogP contribution is 2.53. The van der Waals surface area contributed by atoms with Crippen LogP contribution in [0.15, 0.2) is 182 Å². The predicted octanol–water partition coefficient (Wildman–Crippen LogP) is 10.8. The van der Waals surface area contributed by atoms with Gasteiger partial charge in [-0.2, -0.15) is 0 Å². The van der Waals surface area contributed by atoms with Crippen molar-refractivity contribution in [1.29, 1.82) is 0 Å². The fraction of sp³-hybridized carbons (Fsp3) is 0.473. The Labute approximate surface area is 575 Å². The second kappa shape index (κ2) is 38.4. The van der Waals surface area contributed by atoms with Gasteiger partial charge in [0.15, 0.2) is 6.29 Å². The van der Waals surface area contributed by atoms with Crippen LogP contribution in [-0.2, 0) is 129 Å². The molecule has 3 aliphatic rings. The minimum atomic E-state index is -4.42. The molecular formula is C74H95N3O19P2. The molecule has 9 rings (SSSR count). The molecule has 6 aromatic carbocycles. The summed E-state index contributed by atoms with van der Waals surface area (Å²) in [6.45, 7) is 8.00. The molecule has 0 saturated carbocycles. The topological polar surface area (TPSA) is 251 Å². The van der Waals surface area contributed by atoms with Crippen molar-refractivity contribution in [2.75, 3.05) is 46.4 Å². The summed E-state index contributed by atoms with van der Waals surface area (Å²) in [5.41, 5.74) is 5.07. The SMILES string of the molecule is CCCO[C@H]1OC(COP(=O)(C[C@H]2OC(COP(=O)(C[C@H]3OC(CC)[C@H](OCc4ccccc4)[C@@H](OCc4ccccc4)C3NC(C)=O)OC)[C@H](OCc3ccccc3)[C@@H](OCc3ccccc3)C2NC(C)=O)OC)[C@H](OCc2ccccc2)[C@@H](OCc2ccccc2)C1NC(C)=O. The van der Waals surface area contributed by atoms with Crippen molar-refractivity contribution in [3.05, 3.63) is 215 Å². The number of nitrogens with one attached hydrogen (secondary N) is 3. The summed E-state index contributed by atoms with van der Waals surface area (Å²) < 4.78 is 124.